The predicted octanol–water partition coefficient (Wildman–Crippen LogP) is 2.00. The summed E-state index contributed by atoms with van der Waals surface area (Å²) >= 11 is 0. The van der Waals surface area contributed by atoms with Gasteiger partial charge in [-0.05, 0) is 62.5 Å². The Kier molecular flexibility index (Phi) is 8.33. The first kappa shape index (κ1) is 22.9. The lowest BCUT2D eigenvalue weighted by atomic mass is 10.1. The monoisotopic (exact) mass is 414 g/mol. The van der Waals surface area contributed by atoms with E-state index >= 15 is 0 Å². The molecule has 2 aromatic rings. The number of hydrogen-bond acceptors (Lipinski definition) is 6. The summed E-state index contributed by atoms with van der Waals surface area (Å²) in [5, 5.41) is 14.2. The summed E-state index contributed by atoms with van der Waals surface area (Å²) in [5.41, 5.74) is 7.97. The highest BCUT2D eigenvalue weighted by atomic mass is 16.5. The van der Waals surface area contributed by atoms with Gasteiger partial charge >= 0.3 is 12.1 Å². The van der Waals surface area contributed by atoms with Crippen LogP contribution >= 0.6 is 0 Å². The fourth-order valence-corrected chi connectivity index (χ4v) is 2.48. The summed E-state index contributed by atoms with van der Waals surface area (Å²) in [7, 11) is 3.78. The number of carboxylic acid groups (broad SMARTS) is 1. The number of ether oxygens (including phenoxy) is 1. The Morgan fingerprint density at radius 3 is 2.13 bits per heavy atom. The van der Waals surface area contributed by atoms with Crippen LogP contribution in [0.5, 0.6) is 0 Å². The minimum atomic E-state index is -1.04. The lowest BCUT2D eigenvalue weighted by Crippen LogP contribution is -2.37. The van der Waals surface area contributed by atoms with Gasteiger partial charge in [0, 0.05) is 17.9 Å². The normalized spacial score (nSPS) is 11.6. The average Bonchev–Trinajstić information content (AvgIpc) is 2.69. The van der Waals surface area contributed by atoms with E-state index in [9.17, 15) is 14.4 Å². The van der Waals surface area contributed by atoms with Crippen LogP contribution in [-0.4, -0.2) is 61.3 Å². The van der Waals surface area contributed by atoms with Crippen molar-refractivity contribution in [2.24, 2.45) is 5.73 Å². The zero-order valence-corrected chi connectivity index (χ0v) is 16.9. The smallest absolute Gasteiger partial charge is 0.411 e. The third-order valence-corrected chi connectivity index (χ3v) is 4.16. The summed E-state index contributed by atoms with van der Waals surface area (Å²) in [4.78, 5) is 36.8. The largest absolute Gasteiger partial charge is 0.478 e. The number of carbonyl (C=O) groups is 3. The minimum absolute atomic E-state index is 0.132. The first-order chi connectivity index (χ1) is 14.2. The fourth-order valence-electron chi connectivity index (χ4n) is 2.48. The molecule has 2 aromatic carbocycles. The van der Waals surface area contributed by atoms with Gasteiger partial charge in [-0.1, -0.05) is 12.1 Å². The van der Waals surface area contributed by atoms with Crippen molar-refractivity contribution >= 4 is 29.3 Å². The molecule has 0 aliphatic carbocycles. The molecule has 0 spiro atoms. The van der Waals surface area contributed by atoms with Gasteiger partial charge in [-0.3, -0.25) is 10.1 Å². The van der Waals surface area contributed by atoms with Crippen LogP contribution in [0.3, 0.4) is 0 Å². The van der Waals surface area contributed by atoms with Crippen molar-refractivity contribution in [3.63, 3.8) is 0 Å². The Hall–Kier alpha value is -3.43. The highest BCUT2D eigenvalue weighted by molar-refractivity contribution is 5.95. The number of carboxylic acids is 1. The predicted molar refractivity (Wildman–Crippen MR) is 114 cm³/mol. The van der Waals surface area contributed by atoms with Gasteiger partial charge < -0.3 is 25.8 Å². The van der Waals surface area contributed by atoms with Crippen molar-refractivity contribution in [1.29, 1.82) is 0 Å². The van der Waals surface area contributed by atoms with E-state index in [0.717, 1.165) is 5.56 Å². The number of anilines is 2. The molecule has 0 saturated carbocycles. The number of benzene rings is 2. The molecule has 9 heteroatoms. The van der Waals surface area contributed by atoms with Gasteiger partial charge in [0.05, 0.1) is 11.6 Å². The summed E-state index contributed by atoms with van der Waals surface area (Å²) in [5.74, 6) is -1.42. The molecule has 0 aliphatic heterocycles. The molecule has 2 rings (SSSR count). The molecule has 0 unspecified atom stereocenters. The van der Waals surface area contributed by atoms with Gasteiger partial charge in [-0.15, -0.1) is 0 Å². The number of amides is 2. The van der Waals surface area contributed by atoms with Gasteiger partial charge in [0.2, 0.25) is 5.91 Å². The maximum atomic E-state index is 12.3. The Morgan fingerprint density at radius 1 is 1.00 bits per heavy atom. The third kappa shape index (κ3) is 7.53. The van der Waals surface area contributed by atoms with Crippen molar-refractivity contribution in [2.45, 2.75) is 12.5 Å². The number of rotatable bonds is 9. The number of hydrogen-bond donors (Lipinski definition) is 4. The SMILES string of the molecule is CN(C)CCOC(=O)Nc1ccc(C[C@H](N)C(=O)Nc2ccc(C(=O)O)cc2)cc1. The van der Waals surface area contributed by atoms with Gasteiger partial charge in [-0.25, -0.2) is 9.59 Å². The van der Waals surface area contributed by atoms with Crippen LogP contribution < -0.4 is 16.4 Å². The van der Waals surface area contributed by atoms with E-state index in [1.807, 2.05) is 19.0 Å². The summed E-state index contributed by atoms with van der Waals surface area (Å²) < 4.78 is 5.06. The van der Waals surface area contributed by atoms with Crippen LogP contribution in [0, 0.1) is 0 Å². The molecule has 0 bridgehead atoms. The second kappa shape index (κ2) is 10.9. The van der Waals surface area contributed by atoms with Crippen molar-refractivity contribution in [3.8, 4) is 0 Å². The zero-order valence-electron chi connectivity index (χ0n) is 16.9. The van der Waals surface area contributed by atoms with Crippen molar-refractivity contribution in [2.75, 3.05) is 37.9 Å². The van der Waals surface area contributed by atoms with Crippen LogP contribution in [0.4, 0.5) is 16.2 Å². The molecular formula is C21H26N4O5. The second-order valence-electron chi connectivity index (χ2n) is 6.94. The van der Waals surface area contributed by atoms with E-state index < -0.39 is 18.1 Å². The molecular weight excluding hydrogens is 388 g/mol. The first-order valence-corrected chi connectivity index (χ1v) is 9.32. The number of likely N-dealkylation sites (N-methyl/N-ethyl adjacent to an activating group) is 1. The first-order valence-electron chi connectivity index (χ1n) is 9.32. The van der Waals surface area contributed by atoms with Gasteiger partial charge in [-0.2, -0.15) is 0 Å². The molecule has 2 amide bonds. The third-order valence-electron chi connectivity index (χ3n) is 4.16. The van der Waals surface area contributed by atoms with E-state index in [4.69, 9.17) is 15.6 Å². The lowest BCUT2D eigenvalue weighted by molar-refractivity contribution is -0.117. The summed E-state index contributed by atoms with van der Waals surface area (Å²) in [6.07, 6.45) is -0.235. The maximum Gasteiger partial charge on any atom is 0.411 e. The number of aromatic carboxylic acids is 1. The zero-order chi connectivity index (χ0) is 22.1. The van der Waals surface area contributed by atoms with Gasteiger partial charge in [0.25, 0.3) is 0 Å². The number of carbonyl (C=O) groups excluding carboxylic acids is 2. The Morgan fingerprint density at radius 2 is 1.57 bits per heavy atom. The Bertz CT molecular complexity index is 866. The summed E-state index contributed by atoms with van der Waals surface area (Å²) in [6, 6.07) is 12.0. The average molecular weight is 414 g/mol. The Labute approximate surface area is 174 Å². The standard InChI is InChI=1S/C21H26N4O5/c1-25(2)11-12-30-21(29)24-17-7-3-14(4-8-17)13-18(22)19(26)23-16-9-5-15(6-10-16)20(27)28/h3-10,18H,11-13,22H2,1-2H3,(H,23,26)(H,24,29)(H,27,28)/t18-/m0/s1. The number of nitrogens with two attached hydrogens (primary N) is 1. The minimum Gasteiger partial charge on any atom is -0.478 e. The molecule has 0 radical (unpaired) electrons. The molecule has 5 N–H and O–H groups in total. The van der Waals surface area contributed by atoms with Gasteiger partial charge in [0.1, 0.15) is 6.61 Å². The van der Waals surface area contributed by atoms with Crippen LogP contribution in [0.25, 0.3) is 0 Å². The van der Waals surface area contributed by atoms with Crippen LogP contribution in [0.2, 0.25) is 0 Å². The number of nitrogens with one attached hydrogen (secondary N) is 2. The molecule has 1 atom stereocenters. The number of nitrogens with zero attached hydrogens (tertiary/aromatic N) is 1. The topological polar surface area (TPSA) is 134 Å². The molecule has 9 nitrogen and oxygen atoms in total. The van der Waals surface area contributed by atoms with Crippen LogP contribution in [-0.2, 0) is 16.0 Å². The maximum absolute atomic E-state index is 12.3. The lowest BCUT2D eigenvalue weighted by Gasteiger charge is -2.13. The highest BCUT2D eigenvalue weighted by Gasteiger charge is 2.15. The Balaban J connectivity index is 1.83. The molecule has 30 heavy (non-hydrogen) atoms. The quantitative estimate of drug-likeness (QED) is 0.493. The van der Waals surface area contributed by atoms with E-state index in [1.165, 1.54) is 24.3 Å². The van der Waals surface area contributed by atoms with Crippen molar-refractivity contribution in [1.82, 2.24) is 4.90 Å². The van der Waals surface area contributed by atoms with E-state index in [-0.39, 0.29) is 11.5 Å². The highest BCUT2D eigenvalue weighted by Crippen LogP contribution is 2.13. The summed E-state index contributed by atoms with van der Waals surface area (Å²) in [6.45, 7) is 0.927. The van der Waals surface area contributed by atoms with Crippen molar-refractivity contribution < 1.29 is 24.2 Å². The molecule has 0 fully saturated rings. The second-order valence-corrected chi connectivity index (χ2v) is 6.94. The van der Waals surface area contributed by atoms with E-state index in [1.54, 1.807) is 24.3 Å². The van der Waals surface area contributed by atoms with E-state index in [2.05, 4.69) is 10.6 Å². The molecule has 0 aromatic heterocycles. The van der Waals surface area contributed by atoms with Crippen molar-refractivity contribution in [3.05, 3.63) is 59.7 Å². The molecule has 0 heterocycles. The van der Waals surface area contributed by atoms with Crippen LogP contribution in [0.1, 0.15) is 15.9 Å². The molecule has 0 aliphatic rings. The fraction of sp³-hybridized carbons (Fsp3) is 0.286. The van der Waals surface area contributed by atoms with E-state index in [0.29, 0.717) is 30.9 Å². The van der Waals surface area contributed by atoms with Crippen LogP contribution in [0.15, 0.2) is 48.5 Å². The molecule has 0 saturated heterocycles. The van der Waals surface area contributed by atoms with Gasteiger partial charge in [0.15, 0.2) is 0 Å². The molecule has 160 valence electrons.